The quantitative estimate of drug-likeness (QED) is 0.762. The van der Waals surface area contributed by atoms with E-state index in [1.807, 2.05) is 37.4 Å². The molecule has 0 radical (unpaired) electrons. The van der Waals surface area contributed by atoms with Crippen LogP contribution in [0.25, 0.3) is 10.9 Å². The Morgan fingerprint density at radius 3 is 2.95 bits per heavy atom. The number of carbonyl (C=O) groups is 1. The number of carbonyl (C=O) groups excluding carboxylic acids is 1. The monoisotopic (exact) mass is 269 g/mol. The SMILES string of the molecule is Cc1nc(CN(C)C(=O)c2cccc3cc[nH]c23)n[nH]1. The van der Waals surface area contributed by atoms with Crippen LogP contribution in [-0.4, -0.2) is 38.0 Å². The molecule has 0 aliphatic rings. The third-order valence-corrected chi connectivity index (χ3v) is 3.19. The highest BCUT2D eigenvalue weighted by molar-refractivity contribution is 6.05. The van der Waals surface area contributed by atoms with Gasteiger partial charge in [0.15, 0.2) is 5.82 Å². The minimum atomic E-state index is -0.0551. The summed E-state index contributed by atoms with van der Waals surface area (Å²) in [6, 6.07) is 7.63. The van der Waals surface area contributed by atoms with E-state index in [0.717, 1.165) is 16.7 Å². The summed E-state index contributed by atoms with van der Waals surface area (Å²) in [5.41, 5.74) is 1.51. The van der Waals surface area contributed by atoms with E-state index < -0.39 is 0 Å². The Labute approximate surface area is 115 Å². The molecule has 6 nitrogen and oxygen atoms in total. The molecule has 0 spiro atoms. The van der Waals surface area contributed by atoms with Crippen LogP contribution >= 0.6 is 0 Å². The number of H-pyrrole nitrogens is 2. The van der Waals surface area contributed by atoms with Gasteiger partial charge in [-0.25, -0.2) is 4.98 Å². The smallest absolute Gasteiger partial charge is 0.256 e. The van der Waals surface area contributed by atoms with Gasteiger partial charge in [0, 0.05) is 18.6 Å². The lowest BCUT2D eigenvalue weighted by Gasteiger charge is -2.15. The van der Waals surface area contributed by atoms with Crippen LogP contribution in [-0.2, 0) is 6.54 Å². The molecule has 102 valence electrons. The summed E-state index contributed by atoms with van der Waals surface area (Å²) in [5.74, 6) is 1.30. The average Bonchev–Trinajstić information content (AvgIpc) is 3.06. The van der Waals surface area contributed by atoms with Crippen molar-refractivity contribution in [2.75, 3.05) is 7.05 Å². The second-order valence-electron chi connectivity index (χ2n) is 4.75. The Bertz CT molecular complexity index is 758. The highest BCUT2D eigenvalue weighted by Gasteiger charge is 2.16. The number of hydrogen-bond donors (Lipinski definition) is 2. The molecule has 20 heavy (non-hydrogen) atoms. The molecule has 3 aromatic rings. The molecule has 0 saturated heterocycles. The number of para-hydroxylation sites is 1. The van der Waals surface area contributed by atoms with Crippen molar-refractivity contribution in [3.8, 4) is 0 Å². The maximum atomic E-state index is 12.5. The number of fused-ring (bicyclic) bond motifs is 1. The molecule has 2 heterocycles. The fourth-order valence-electron chi connectivity index (χ4n) is 2.21. The minimum Gasteiger partial charge on any atom is -0.361 e. The first kappa shape index (κ1) is 12.4. The minimum absolute atomic E-state index is 0.0551. The fraction of sp³-hybridized carbons (Fsp3) is 0.214. The van der Waals surface area contributed by atoms with Gasteiger partial charge >= 0.3 is 0 Å². The summed E-state index contributed by atoms with van der Waals surface area (Å²) in [7, 11) is 1.75. The number of aromatic amines is 2. The van der Waals surface area contributed by atoms with Crippen LogP contribution in [0.2, 0.25) is 0 Å². The van der Waals surface area contributed by atoms with Crippen molar-refractivity contribution in [2.45, 2.75) is 13.5 Å². The van der Waals surface area contributed by atoms with E-state index >= 15 is 0 Å². The van der Waals surface area contributed by atoms with Crippen molar-refractivity contribution < 1.29 is 4.79 Å². The van der Waals surface area contributed by atoms with E-state index in [1.54, 1.807) is 11.9 Å². The normalized spacial score (nSPS) is 10.9. The second kappa shape index (κ2) is 4.80. The van der Waals surface area contributed by atoms with Gasteiger partial charge in [-0.05, 0) is 19.1 Å². The molecule has 1 aromatic carbocycles. The summed E-state index contributed by atoms with van der Waals surface area (Å²) in [5, 5.41) is 7.85. The number of aryl methyl sites for hydroxylation is 1. The molecule has 0 aliphatic heterocycles. The van der Waals surface area contributed by atoms with Gasteiger partial charge in [0.1, 0.15) is 5.82 Å². The molecule has 0 atom stereocenters. The van der Waals surface area contributed by atoms with E-state index in [-0.39, 0.29) is 5.91 Å². The van der Waals surface area contributed by atoms with Crippen LogP contribution in [0.1, 0.15) is 22.0 Å². The van der Waals surface area contributed by atoms with Crippen molar-refractivity contribution in [2.24, 2.45) is 0 Å². The van der Waals surface area contributed by atoms with Crippen molar-refractivity contribution in [1.29, 1.82) is 0 Å². The third-order valence-electron chi connectivity index (χ3n) is 3.19. The van der Waals surface area contributed by atoms with Gasteiger partial charge in [0.25, 0.3) is 5.91 Å². The summed E-state index contributed by atoms with van der Waals surface area (Å²) < 4.78 is 0. The molecule has 0 saturated carbocycles. The van der Waals surface area contributed by atoms with Crippen LogP contribution in [0, 0.1) is 6.92 Å². The van der Waals surface area contributed by atoms with Crippen molar-refractivity contribution >= 4 is 16.8 Å². The largest absolute Gasteiger partial charge is 0.361 e. The maximum absolute atomic E-state index is 12.5. The highest BCUT2D eigenvalue weighted by atomic mass is 16.2. The Morgan fingerprint density at radius 1 is 1.35 bits per heavy atom. The lowest BCUT2D eigenvalue weighted by atomic mass is 10.1. The van der Waals surface area contributed by atoms with Crippen molar-refractivity contribution in [1.82, 2.24) is 25.1 Å². The van der Waals surface area contributed by atoms with E-state index in [2.05, 4.69) is 20.2 Å². The number of rotatable bonds is 3. The predicted octanol–water partition coefficient (Wildman–Crippen LogP) is 1.87. The summed E-state index contributed by atoms with van der Waals surface area (Å²) in [6.45, 7) is 2.21. The van der Waals surface area contributed by atoms with Crippen LogP contribution in [0.3, 0.4) is 0 Å². The Balaban J connectivity index is 1.86. The van der Waals surface area contributed by atoms with Gasteiger partial charge in [0.05, 0.1) is 17.6 Å². The zero-order valence-electron chi connectivity index (χ0n) is 11.3. The fourth-order valence-corrected chi connectivity index (χ4v) is 2.21. The number of benzene rings is 1. The van der Waals surface area contributed by atoms with Gasteiger partial charge in [-0.3, -0.25) is 9.89 Å². The molecule has 2 aromatic heterocycles. The first-order chi connectivity index (χ1) is 9.65. The molecule has 0 bridgehead atoms. The molecule has 1 amide bonds. The van der Waals surface area contributed by atoms with E-state index in [4.69, 9.17) is 0 Å². The van der Waals surface area contributed by atoms with Crippen LogP contribution < -0.4 is 0 Å². The molecular weight excluding hydrogens is 254 g/mol. The maximum Gasteiger partial charge on any atom is 0.256 e. The lowest BCUT2D eigenvalue weighted by Crippen LogP contribution is -2.27. The zero-order chi connectivity index (χ0) is 14.1. The Morgan fingerprint density at radius 2 is 2.20 bits per heavy atom. The second-order valence-corrected chi connectivity index (χ2v) is 4.75. The summed E-state index contributed by atoms with van der Waals surface area (Å²) in [6.07, 6.45) is 1.83. The number of nitrogens with zero attached hydrogens (tertiary/aromatic N) is 3. The standard InChI is InChI=1S/C14H15N5O/c1-9-16-12(18-17-9)8-19(2)14(20)11-5-3-4-10-6-7-15-13(10)11/h3-7,15H,8H2,1-2H3,(H,16,17,18). The summed E-state index contributed by atoms with van der Waals surface area (Å²) >= 11 is 0. The first-order valence-electron chi connectivity index (χ1n) is 6.34. The van der Waals surface area contributed by atoms with Crippen LogP contribution in [0.4, 0.5) is 0 Å². The topological polar surface area (TPSA) is 77.7 Å². The van der Waals surface area contributed by atoms with Gasteiger partial charge < -0.3 is 9.88 Å². The number of amides is 1. The molecule has 2 N–H and O–H groups in total. The lowest BCUT2D eigenvalue weighted by molar-refractivity contribution is 0.0783. The average molecular weight is 269 g/mol. The predicted molar refractivity (Wildman–Crippen MR) is 75.2 cm³/mol. The zero-order valence-corrected chi connectivity index (χ0v) is 11.3. The number of hydrogen-bond acceptors (Lipinski definition) is 3. The van der Waals surface area contributed by atoms with Crippen LogP contribution in [0.15, 0.2) is 30.5 Å². The molecule has 0 unspecified atom stereocenters. The Kier molecular flexibility index (Phi) is 2.98. The third kappa shape index (κ3) is 2.16. The summed E-state index contributed by atoms with van der Waals surface area (Å²) in [4.78, 5) is 21.4. The first-order valence-corrected chi connectivity index (χ1v) is 6.34. The van der Waals surface area contributed by atoms with Gasteiger partial charge in [-0.1, -0.05) is 12.1 Å². The van der Waals surface area contributed by atoms with Crippen molar-refractivity contribution in [3.05, 3.63) is 47.7 Å². The Hall–Kier alpha value is -2.63. The van der Waals surface area contributed by atoms with E-state index in [1.165, 1.54) is 0 Å². The van der Waals surface area contributed by atoms with Crippen molar-refractivity contribution in [3.63, 3.8) is 0 Å². The molecule has 6 heteroatoms. The molecule has 0 fully saturated rings. The van der Waals surface area contributed by atoms with E-state index in [9.17, 15) is 4.79 Å². The van der Waals surface area contributed by atoms with E-state index in [0.29, 0.717) is 17.9 Å². The number of nitrogens with one attached hydrogen (secondary N) is 2. The van der Waals surface area contributed by atoms with Gasteiger partial charge in [0.2, 0.25) is 0 Å². The highest BCUT2D eigenvalue weighted by Crippen LogP contribution is 2.18. The number of aromatic nitrogens is 4. The van der Waals surface area contributed by atoms with Gasteiger partial charge in [-0.2, -0.15) is 5.10 Å². The van der Waals surface area contributed by atoms with Crippen LogP contribution in [0.5, 0.6) is 0 Å². The van der Waals surface area contributed by atoms with Gasteiger partial charge in [-0.15, -0.1) is 0 Å². The molecular formula is C14H15N5O. The molecule has 3 rings (SSSR count). The molecule has 0 aliphatic carbocycles.